The molecule has 0 saturated carbocycles. The molecule has 1 N–H and O–H groups in total. The summed E-state index contributed by atoms with van der Waals surface area (Å²) in [5.41, 5.74) is 1.07. The van der Waals surface area contributed by atoms with Gasteiger partial charge in [-0.2, -0.15) is 11.8 Å². The lowest BCUT2D eigenvalue weighted by Gasteiger charge is -2.17. The van der Waals surface area contributed by atoms with Gasteiger partial charge in [-0.05, 0) is 12.3 Å². The van der Waals surface area contributed by atoms with Gasteiger partial charge in [-0.15, -0.1) is 0 Å². The molecule has 0 fully saturated rings. The van der Waals surface area contributed by atoms with Crippen molar-refractivity contribution in [1.29, 1.82) is 0 Å². The summed E-state index contributed by atoms with van der Waals surface area (Å²) in [5.74, 6) is 6.09. The average Bonchev–Trinajstić information content (AvgIpc) is 2.42. The van der Waals surface area contributed by atoms with E-state index in [1.165, 1.54) is 6.20 Å². The van der Waals surface area contributed by atoms with E-state index in [9.17, 15) is 4.79 Å². The number of thioether (sulfide) groups is 1. The van der Waals surface area contributed by atoms with Crippen molar-refractivity contribution in [3.63, 3.8) is 0 Å². The maximum absolute atomic E-state index is 12.2. The minimum absolute atomic E-state index is 0.0753. The summed E-state index contributed by atoms with van der Waals surface area (Å²) in [5, 5.41) is 8.69. The Balaban J connectivity index is 2.91. The summed E-state index contributed by atoms with van der Waals surface area (Å²) in [6.07, 6.45) is 5.11. The van der Waals surface area contributed by atoms with E-state index < -0.39 is 0 Å². The first-order valence-corrected chi connectivity index (χ1v) is 6.88. The highest BCUT2D eigenvalue weighted by Gasteiger charge is 2.14. The Morgan fingerprint density at radius 1 is 1.61 bits per heavy atom. The minimum atomic E-state index is -0.231. The topological polar surface area (TPSA) is 53.4 Å². The van der Waals surface area contributed by atoms with Crippen LogP contribution in [0.15, 0.2) is 18.5 Å². The Morgan fingerprint density at radius 2 is 2.39 bits per heavy atom. The summed E-state index contributed by atoms with van der Waals surface area (Å²) in [6, 6.07) is 1.65. The number of hydrogen-bond acceptors (Lipinski definition) is 4. The van der Waals surface area contributed by atoms with Gasteiger partial charge in [0.15, 0.2) is 0 Å². The summed E-state index contributed by atoms with van der Waals surface area (Å²) >= 11 is 1.69. The molecule has 0 aromatic carbocycles. The monoisotopic (exact) mass is 264 g/mol. The fourth-order valence-electron chi connectivity index (χ4n) is 1.35. The highest BCUT2D eigenvalue weighted by atomic mass is 32.2. The molecule has 0 bridgehead atoms. The molecule has 1 aromatic rings. The Bertz CT molecular complexity index is 466. The van der Waals surface area contributed by atoms with Gasteiger partial charge in [-0.25, -0.2) is 0 Å². The standard InChI is InChI=1S/C13H16N2O2S/c1-15(7-9-18-2)13(17)12-5-6-14-10-11(12)4-3-8-16/h5-6,10,16H,7-9H2,1-2H3. The van der Waals surface area contributed by atoms with Crippen LogP contribution >= 0.6 is 11.8 Å². The molecule has 1 aromatic heterocycles. The first-order valence-electron chi connectivity index (χ1n) is 5.48. The van der Waals surface area contributed by atoms with Gasteiger partial charge in [-0.1, -0.05) is 11.8 Å². The lowest BCUT2D eigenvalue weighted by atomic mass is 10.1. The van der Waals surface area contributed by atoms with Crippen molar-refractivity contribution in [3.05, 3.63) is 29.6 Å². The molecule has 0 atom stereocenters. The maximum Gasteiger partial charge on any atom is 0.255 e. The smallest absolute Gasteiger partial charge is 0.255 e. The number of hydrogen-bond donors (Lipinski definition) is 1. The Labute approximate surface area is 111 Å². The van der Waals surface area contributed by atoms with Crippen LogP contribution in [0.4, 0.5) is 0 Å². The van der Waals surface area contributed by atoms with Crippen molar-refractivity contribution in [2.75, 3.05) is 32.2 Å². The Morgan fingerprint density at radius 3 is 3.06 bits per heavy atom. The Kier molecular flexibility index (Phi) is 6.26. The quantitative estimate of drug-likeness (QED) is 0.820. The lowest BCUT2D eigenvalue weighted by Crippen LogP contribution is -2.29. The average molecular weight is 264 g/mol. The predicted molar refractivity (Wildman–Crippen MR) is 73.5 cm³/mol. The van der Waals surface area contributed by atoms with E-state index >= 15 is 0 Å². The van der Waals surface area contributed by atoms with Crippen LogP contribution in [0.2, 0.25) is 0 Å². The second-order valence-electron chi connectivity index (χ2n) is 3.60. The zero-order valence-corrected chi connectivity index (χ0v) is 11.3. The van der Waals surface area contributed by atoms with Crippen molar-refractivity contribution in [2.45, 2.75) is 0 Å². The van der Waals surface area contributed by atoms with Gasteiger partial charge in [-0.3, -0.25) is 9.78 Å². The number of pyridine rings is 1. The summed E-state index contributed by atoms with van der Waals surface area (Å²) < 4.78 is 0. The Hall–Kier alpha value is -1.51. The van der Waals surface area contributed by atoms with Crippen LogP contribution in [0.1, 0.15) is 15.9 Å². The van der Waals surface area contributed by atoms with Gasteiger partial charge in [0.2, 0.25) is 0 Å². The number of amides is 1. The zero-order chi connectivity index (χ0) is 13.4. The molecule has 18 heavy (non-hydrogen) atoms. The molecule has 0 aliphatic heterocycles. The van der Waals surface area contributed by atoms with E-state index in [1.807, 2.05) is 6.26 Å². The second-order valence-corrected chi connectivity index (χ2v) is 4.59. The molecule has 0 aliphatic rings. The van der Waals surface area contributed by atoms with Gasteiger partial charge in [0.05, 0.1) is 11.1 Å². The first kappa shape index (κ1) is 14.6. The molecule has 0 spiro atoms. The number of carbonyl (C=O) groups excluding carboxylic acids is 1. The third-order valence-corrected chi connectivity index (χ3v) is 2.92. The van der Waals surface area contributed by atoms with E-state index in [0.29, 0.717) is 17.7 Å². The van der Waals surface area contributed by atoms with E-state index in [4.69, 9.17) is 5.11 Å². The second kappa shape index (κ2) is 7.75. The number of aliphatic hydroxyl groups is 1. The van der Waals surface area contributed by atoms with Gasteiger partial charge < -0.3 is 10.0 Å². The number of carbonyl (C=O) groups is 1. The van der Waals surface area contributed by atoms with Gasteiger partial charge in [0.25, 0.3) is 5.91 Å². The van der Waals surface area contributed by atoms with Crippen LogP contribution in [0.3, 0.4) is 0 Å². The number of aliphatic hydroxyl groups excluding tert-OH is 1. The number of aromatic nitrogens is 1. The van der Waals surface area contributed by atoms with E-state index in [2.05, 4.69) is 16.8 Å². The first-order chi connectivity index (χ1) is 8.70. The van der Waals surface area contributed by atoms with Crippen LogP contribution in [0.5, 0.6) is 0 Å². The maximum atomic E-state index is 12.2. The van der Waals surface area contributed by atoms with Gasteiger partial charge in [0.1, 0.15) is 6.61 Å². The number of nitrogens with zero attached hydrogens (tertiary/aromatic N) is 2. The van der Waals surface area contributed by atoms with Crippen molar-refractivity contribution < 1.29 is 9.90 Å². The highest BCUT2D eigenvalue weighted by Crippen LogP contribution is 2.09. The molecule has 1 amide bonds. The van der Waals surface area contributed by atoms with Crippen LogP contribution in [0.25, 0.3) is 0 Å². The molecule has 5 heteroatoms. The number of rotatable bonds is 4. The highest BCUT2D eigenvalue weighted by molar-refractivity contribution is 7.98. The normalized spacial score (nSPS) is 9.50. The van der Waals surface area contributed by atoms with E-state index in [0.717, 1.165) is 5.75 Å². The van der Waals surface area contributed by atoms with Crippen LogP contribution in [-0.2, 0) is 0 Å². The van der Waals surface area contributed by atoms with Crippen LogP contribution < -0.4 is 0 Å². The molecular weight excluding hydrogens is 248 g/mol. The largest absolute Gasteiger partial charge is 0.384 e. The van der Waals surface area contributed by atoms with E-state index in [1.54, 1.807) is 36.0 Å². The SMILES string of the molecule is CSCCN(C)C(=O)c1ccncc1C#CCO. The summed E-state index contributed by atoms with van der Waals surface area (Å²) in [4.78, 5) is 17.8. The zero-order valence-electron chi connectivity index (χ0n) is 10.5. The van der Waals surface area contributed by atoms with Gasteiger partial charge in [0, 0.05) is 31.7 Å². The van der Waals surface area contributed by atoms with Gasteiger partial charge >= 0.3 is 0 Å². The molecule has 0 aliphatic carbocycles. The minimum Gasteiger partial charge on any atom is -0.384 e. The van der Waals surface area contributed by atoms with Crippen LogP contribution in [-0.4, -0.2) is 53.1 Å². The predicted octanol–water partition coefficient (Wildman–Crippen LogP) is 0.860. The summed E-state index contributed by atoms with van der Waals surface area (Å²) in [6.45, 7) is 0.458. The fourth-order valence-corrected chi connectivity index (χ4v) is 1.81. The third kappa shape index (κ3) is 4.06. The van der Waals surface area contributed by atoms with Crippen molar-refractivity contribution in [3.8, 4) is 11.8 Å². The summed E-state index contributed by atoms with van der Waals surface area (Å²) in [7, 11) is 1.77. The fraction of sp³-hybridized carbons (Fsp3) is 0.385. The molecular formula is C13H16N2O2S. The van der Waals surface area contributed by atoms with Crippen molar-refractivity contribution in [2.24, 2.45) is 0 Å². The molecule has 0 radical (unpaired) electrons. The molecule has 4 nitrogen and oxygen atoms in total. The third-order valence-electron chi connectivity index (χ3n) is 2.33. The lowest BCUT2D eigenvalue weighted by molar-refractivity contribution is 0.0803. The van der Waals surface area contributed by atoms with Crippen molar-refractivity contribution >= 4 is 17.7 Å². The van der Waals surface area contributed by atoms with Crippen molar-refractivity contribution in [1.82, 2.24) is 9.88 Å². The molecule has 1 heterocycles. The molecule has 0 saturated heterocycles. The molecule has 1 rings (SSSR count). The van der Waals surface area contributed by atoms with Crippen LogP contribution in [0, 0.1) is 11.8 Å². The van der Waals surface area contributed by atoms with E-state index in [-0.39, 0.29) is 12.5 Å². The molecule has 0 unspecified atom stereocenters. The molecule has 96 valence electrons.